The number of fused-ring (bicyclic) bond motifs is 10. The molecule has 0 amide bonds. The lowest BCUT2D eigenvalue weighted by Crippen LogP contribution is -2.00. The fourth-order valence-electron chi connectivity index (χ4n) is 8.88. The van der Waals surface area contributed by atoms with Crippen molar-refractivity contribution in [1.29, 1.82) is 0 Å². The van der Waals surface area contributed by atoms with Gasteiger partial charge in [-0.2, -0.15) is 0 Å². The van der Waals surface area contributed by atoms with Crippen LogP contribution in [0.4, 0.5) is 0 Å². The Labute approximate surface area is 333 Å². The summed E-state index contributed by atoms with van der Waals surface area (Å²) in [6, 6.07) is 67.9. The highest BCUT2D eigenvalue weighted by molar-refractivity contribution is 6.30. The van der Waals surface area contributed by atoms with Crippen molar-refractivity contribution in [3.05, 3.63) is 194 Å². The van der Waals surface area contributed by atoms with Crippen molar-refractivity contribution in [3.63, 3.8) is 0 Å². The van der Waals surface area contributed by atoms with Crippen LogP contribution in [0.3, 0.4) is 0 Å². The van der Waals surface area contributed by atoms with E-state index < -0.39 is 0 Å². The Morgan fingerprint density at radius 1 is 0.362 bits per heavy atom. The van der Waals surface area contributed by atoms with E-state index in [4.69, 9.17) is 19.4 Å². The summed E-state index contributed by atoms with van der Waals surface area (Å²) >= 11 is 0. The summed E-state index contributed by atoms with van der Waals surface area (Å²) in [7, 11) is 0. The van der Waals surface area contributed by atoms with Gasteiger partial charge in [0, 0.05) is 38.2 Å². The van der Waals surface area contributed by atoms with Gasteiger partial charge >= 0.3 is 0 Å². The van der Waals surface area contributed by atoms with Gasteiger partial charge in [0.25, 0.3) is 0 Å². The maximum Gasteiger partial charge on any atom is 0.164 e. The van der Waals surface area contributed by atoms with Gasteiger partial charge < -0.3 is 8.98 Å². The number of rotatable bonds is 5. The van der Waals surface area contributed by atoms with Crippen molar-refractivity contribution in [2.45, 2.75) is 0 Å². The van der Waals surface area contributed by atoms with E-state index in [1.54, 1.807) is 0 Å². The van der Waals surface area contributed by atoms with E-state index in [0.29, 0.717) is 17.5 Å². The second-order valence-corrected chi connectivity index (χ2v) is 14.7. The van der Waals surface area contributed by atoms with E-state index in [1.165, 1.54) is 43.4 Å². The summed E-state index contributed by atoms with van der Waals surface area (Å²) < 4.78 is 9.40. The van der Waals surface area contributed by atoms with Gasteiger partial charge in [-0.1, -0.05) is 170 Å². The van der Waals surface area contributed by atoms with Crippen LogP contribution in [0.25, 0.3) is 116 Å². The summed E-state index contributed by atoms with van der Waals surface area (Å²) in [6.07, 6.45) is 0. The van der Waals surface area contributed by atoms with E-state index >= 15 is 0 Å². The number of benzene rings is 9. The Bertz CT molecular complexity index is 3500. The Hall–Kier alpha value is -7.89. The first-order valence-corrected chi connectivity index (χ1v) is 19.5. The van der Waals surface area contributed by atoms with Crippen LogP contribution in [0.2, 0.25) is 0 Å². The first-order valence-electron chi connectivity index (χ1n) is 19.5. The Morgan fingerprint density at radius 2 is 0.931 bits per heavy atom. The Balaban J connectivity index is 1.17. The Kier molecular flexibility index (Phi) is 7.16. The highest BCUT2D eigenvalue weighted by Gasteiger charge is 2.24. The minimum absolute atomic E-state index is 0.591. The molecule has 3 heterocycles. The molecule has 0 aliphatic carbocycles. The van der Waals surface area contributed by atoms with Crippen LogP contribution in [0, 0.1) is 0 Å². The molecule has 3 aromatic heterocycles. The molecule has 0 atom stereocenters. The minimum Gasteiger partial charge on any atom is -0.454 e. The van der Waals surface area contributed by atoms with Gasteiger partial charge in [0.1, 0.15) is 5.58 Å². The maximum absolute atomic E-state index is 6.99. The largest absolute Gasteiger partial charge is 0.454 e. The van der Waals surface area contributed by atoms with E-state index in [1.807, 2.05) is 72.8 Å². The molecule has 58 heavy (non-hydrogen) atoms. The molecule has 0 unspecified atom stereocenters. The average Bonchev–Trinajstić information content (AvgIpc) is 3.86. The topological polar surface area (TPSA) is 56.7 Å². The van der Waals surface area contributed by atoms with Crippen LogP contribution in [-0.2, 0) is 0 Å². The van der Waals surface area contributed by atoms with Crippen LogP contribution in [0.15, 0.2) is 199 Å². The van der Waals surface area contributed by atoms with E-state index in [0.717, 1.165) is 55.3 Å². The summed E-state index contributed by atoms with van der Waals surface area (Å²) in [5.41, 5.74) is 9.88. The Morgan fingerprint density at radius 3 is 1.66 bits per heavy atom. The molecule has 0 aliphatic rings. The number of nitrogens with zero attached hydrogens (tertiary/aromatic N) is 4. The van der Waals surface area contributed by atoms with Gasteiger partial charge in [0.2, 0.25) is 0 Å². The van der Waals surface area contributed by atoms with Gasteiger partial charge in [0.15, 0.2) is 23.1 Å². The number of furan rings is 1. The lowest BCUT2D eigenvalue weighted by molar-refractivity contribution is 0.666. The predicted octanol–water partition coefficient (Wildman–Crippen LogP) is 13.8. The molecule has 0 N–H and O–H groups in total. The minimum atomic E-state index is 0.591. The van der Waals surface area contributed by atoms with Crippen LogP contribution in [0.1, 0.15) is 0 Å². The molecular weight excluding hydrogens is 709 g/mol. The van der Waals surface area contributed by atoms with E-state index in [-0.39, 0.29) is 0 Å². The maximum atomic E-state index is 6.99. The zero-order valence-electron chi connectivity index (χ0n) is 31.2. The van der Waals surface area contributed by atoms with Crippen LogP contribution in [-0.4, -0.2) is 19.5 Å². The monoisotopic (exact) mass is 740 g/mol. The summed E-state index contributed by atoms with van der Waals surface area (Å²) in [5, 5.41) is 9.28. The third kappa shape index (κ3) is 4.93. The van der Waals surface area contributed by atoms with Gasteiger partial charge in [-0.15, -0.1) is 0 Å². The highest BCUT2D eigenvalue weighted by Crippen LogP contribution is 2.46. The molecule has 0 bridgehead atoms. The van der Waals surface area contributed by atoms with Gasteiger partial charge in [-0.05, 0) is 56.9 Å². The molecule has 12 rings (SSSR count). The van der Waals surface area contributed by atoms with E-state index in [2.05, 4.69) is 126 Å². The standard InChI is InChI=1S/C53H32N4O/c1-4-16-33(17-5-1)42-32-45-49(39-25-13-12-24-38(39)42)48-37-23-11-10-18-34(37)30-31-43(48)57(45)44-28-14-26-40-47-41(27-15-29-46(47)58-50(40)44)53-55-51(35-19-6-2-7-20-35)54-52(56-53)36-21-8-3-9-22-36/h1-32H. The molecule has 9 aromatic carbocycles. The molecule has 0 saturated carbocycles. The van der Waals surface area contributed by atoms with Crippen LogP contribution in [0.5, 0.6) is 0 Å². The molecule has 0 aliphatic heterocycles. The van der Waals surface area contributed by atoms with Gasteiger partial charge in [-0.3, -0.25) is 0 Å². The van der Waals surface area contributed by atoms with Crippen molar-refractivity contribution < 1.29 is 4.42 Å². The second kappa shape index (κ2) is 12.8. The lowest BCUT2D eigenvalue weighted by atomic mass is 9.94. The zero-order valence-corrected chi connectivity index (χ0v) is 31.2. The first kappa shape index (κ1) is 32.4. The smallest absolute Gasteiger partial charge is 0.164 e. The highest BCUT2D eigenvalue weighted by atomic mass is 16.3. The van der Waals surface area contributed by atoms with Gasteiger partial charge in [-0.25, -0.2) is 15.0 Å². The van der Waals surface area contributed by atoms with Crippen molar-refractivity contribution in [1.82, 2.24) is 19.5 Å². The number of hydrogen-bond acceptors (Lipinski definition) is 4. The van der Waals surface area contributed by atoms with Crippen LogP contribution < -0.4 is 0 Å². The summed E-state index contributed by atoms with van der Waals surface area (Å²) in [5.74, 6) is 1.83. The average molecular weight is 741 g/mol. The van der Waals surface area contributed by atoms with Crippen molar-refractivity contribution in [2.24, 2.45) is 0 Å². The molecule has 5 nitrogen and oxygen atoms in total. The first-order chi connectivity index (χ1) is 28.8. The molecule has 0 fully saturated rings. The van der Waals surface area contributed by atoms with Crippen molar-refractivity contribution in [2.75, 3.05) is 0 Å². The number of para-hydroxylation sites is 1. The molecule has 0 saturated heterocycles. The molecule has 0 spiro atoms. The fraction of sp³-hybridized carbons (Fsp3) is 0. The molecule has 0 radical (unpaired) electrons. The summed E-state index contributed by atoms with van der Waals surface area (Å²) in [6.45, 7) is 0. The van der Waals surface area contributed by atoms with E-state index in [9.17, 15) is 0 Å². The lowest BCUT2D eigenvalue weighted by Gasteiger charge is -2.12. The zero-order chi connectivity index (χ0) is 38.2. The quantitative estimate of drug-likeness (QED) is 0.176. The number of hydrogen-bond donors (Lipinski definition) is 0. The second-order valence-electron chi connectivity index (χ2n) is 14.7. The normalized spacial score (nSPS) is 11.8. The summed E-state index contributed by atoms with van der Waals surface area (Å²) in [4.78, 5) is 15.2. The molecular formula is C53H32N4O. The third-order valence-electron chi connectivity index (χ3n) is 11.4. The van der Waals surface area contributed by atoms with Crippen molar-refractivity contribution >= 4 is 65.3 Å². The van der Waals surface area contributed by atoms with Crippen molar-refractivity contribution in [3.8, 4) is 51.0 Å². The SMILES string of the molecule is c1ccc(-c2nc(-c3ccccc3)nc(-c3cccc4oc5c(-n6c7ccc8ccccc8c7c7c8ccccc8c(-c8ccccc8)cc76)cccc5c34)n2)cc1. The predicted molar refractivity (Wildman–Crippen MR) is 238 cm³/mol. The molecule has 12 aromatic rings. The molecule has 5 heteroatoms. The molecule has 270 valence electrons. The number of aromatic nitrogens is 4. The fourth-order valence-corrected chi connectivity index (χ4v) is 8.88. The third-order valence-corrected chi connectivity index (χ3v) is 11.4. The van der Waals surface area contributed by atoms with Gasteiger partial charge in [0.05, 0.1) is 16.7 Å². The van der Waals surface area contributed by atoms with Crippen LogP contribution >= 0.6 is 0 Å².